The Hall–Kier alpha value is -1.78. The van der Waals surface area contributed by atoms with Crippen molar-refractivity contribution < 1.29 is 14.3 Å². The molecular formula is C10H12N2O3. The van der Waals surface area contributed by atoms with Crippen LogP contribution in [0.1, 0.15) is 18.5 Å². The predicted octanol–water partition coefficient (Wildman–Crippen LogP) is 0.541. The van der Waals surface area contributed by atoms with Gasteiger partial charge in [-0.25, -0.2) is 0 Å². The fourth-order valence-electron chi connectivity index (χ4n) is 1.06. The van der Waals surface area contributed by atoms with Crippen LogP contribution in [0.5, 0.6) is 0 Å². The zero-order valence-electron chi connectivity index (χ0n) is 8.47. The summed E-state index contributed by atoms with van der Waals surface area (Å²) < 4.78 is 4.43. The number of esters is 1. The van der Waals surface area contributed by atoms with Crippen molar-refractivity contribution in [3.05, 3.63) is 24.3 Å². The molecule has 1 aromatic rings. The van der Waals surface area contributed by atoms with Crippen LogP contribution in [0.25, 0.3) is 0 Å². The number of carbonyl (C=O) groups is 2. The molecule has 0 saturated heterocycles. The van der Waals surface area contributed by atoms with Crippen LogP contribution in [0.3, 0.4) is 0 Å². The summed E-state index contributed by atoms with van der Waals surface area (Å²) in [6, 6.07) is 0. The standard InChI is InChI=1S/C10H12N2O3/c1-15-10(14)3-2-9(13)6-8-7-11-4-5-12-8/h4-5,7H,2-3,6H2,1H3. The average Bonchev–Trinajstić information content (AvgIpc) is 2.27. The summed E-state index contributed by atoms with van der Waals surface area (Å²) in [6.45, 7) is 0. The van der Waals surface area contributed by atoms with E-state index in [1.165, 1.54) is 19.5 Å². The monoisotopic (exact) mass is 208 g/mol. The Morgan fingerprint density at radius 1 is 1.33 bits per heavy atom. The van der Waals surface area contributed by atoms with Crippen LogP contribution >= 0.6 is 0 Å². The summed E-state index contributed by atoms with van der Waals surface area (Å²) in [5.74, 6) is -0.414. The molecule has 0 saturated carbocycles. The highest BCUT2D eigenvalue weighted by atomic mass is 16.5. The molecule has 1 rings (SSSR count). The minimum Gasteiger partial charge on any atom is -0.469 e. The van der Waals surface area contributed by atoms with Crippen LogP contribution in [0.15, 0.2) is 18.6 Å². The van der Waals surface area contributed by atoms with Gasteiger partial charge in [0.15, 0.2) is 0 Å². The van der Waals surface area contributed by atoms with Crippen molar-refractivity contribution in [1.29, 1.82) is 0 Å². The molecule has 0 atom stereocenters. The molecule has 0 aliphatic heterocycles. The topological polar surface area (TPSA) is 69.2 Å². The van der Waals surface area contributed by atoms with Gasteiger partial charge in [0.1, 0.15) is 5.78 Å². The third kappa shape index (κ3) is 4.30. The highest BCUT2D eigenvalue weighted by molar-refractivity contribution is 5.84. The molecule has 0 bridgehead atoms. The zero-order valence-corrected chi connectivity index (χ0v) is 8.47. The number of carbonyl (C=O) groups excluding carboxylic acids is 2. The van der Waals surface area contributed by atoms with E-state index in [0.29, 0.717) is 5.69 Å². The van der Waals surface area contributed by atoms with Gasteiger partial charge in [0.05, 0.1) is 25.6 Å². The molecule has 5 heteroatoms. The largest absolute Gasteiger partial charge is 0.469 e. The third-order valence-corrected chi connectivity index (χ3v) is 1.83. The summed E-state index contributed by atoms with van der Waals surface area (Å²) in [5, 5.41) is 0. The average molecular weight is 208 g/mol. The fraction of sp³-hybridized carbons (Fsp3) is 0.400. The first-order chi connectivity index (χ1) is 7.22. The molecule has 80 valence electrons. The maximum absolute atomic E-state index is 11.4. The van der Waals surface area contributed by atoms with Gasteiger partial charge in [-0.3, -0.25) is 19.6 Å². The van der Waals surface area contributed by atoms with Gasteiger partial charge in [0.2, 0.25) is 0 Å². The van der Waals surface area contributed by atoms with Crippen LogP contribution in [-0.2, 0) is 20.7 Å². The Bertz CT molecular complexity index is 338. The first-order valence-corrected chi connectivity index (χ1v) is 4.56. The Morgan fingerprint density at radius 2 is 2.13 bits per heavy atom. The Morgan fingerprint density at radius 3 is 2.73 bits per heavy atom. The van der Waals surface area contributed by atoms with E-state index >= 15 is 0 Å². The molecular weight excluding hydrogens is 196 g/mol. The summed E-state index contributed by atoms with van der Waals surface area (Å²) in [5.41, 5.74) is 0.618. The Labute approximate surface area is 87.5 Å². The van der Waals surface area contributed by atoms with E-state index < -0.39 is 0 Å². The molecule has 0 aliphatic carbocycles. The number of hydrogen-bond acceptors (Lipinski definition) is 5. The number of Topliss-reactive ketones (excluding diaryl/α,β-unsaturated/α-hetero) is 1. The number of rotatable bonds is 5. The number of ketones is 1. The van der Waals surface area contributed by atoms with Gasteiger partial charge in [0, 0.05) is 25.0 Å². The first kappa shape index (κ1) is 11.3. The number of methoxy groups -OCH3 is 1. The smallest absolute Gasteiger partial charge is 0.305 e. The highest BCUT2D eigenvalue weighted by Gasteiger charge is 2.08. The Kier molecular flexibility index (Phi) is 4.40. The van der Waals surface area contributed by atoms with Crippen molar-refractivity contribution in [2.45, 2.75) is 19.3 Å². The maximum atomic E-state index is 11.4. The van der Waals surface area contributed by atoms with Crippen LogP contribution in [0, 0.1) is 0 Å². The van der Waals surface area contributed by atoms with Gasteiger partial charge >= 0.3 is 5.97 Å². The van der Waals surface area contributed by atoms with Crippen LogP contribution in [0.2, 0.25) is 0 Å². The van der Waals surface area contributed by atoms with Gasteiger partial charge in [-0.1, -0.05) is 0 Å². The molecule has 0 spiro atoms. The second-order valence-corrected chi connectivity index (χ2v) is 2.99. The van der Waals surface area contributed by atoms with E-state index in [9.17, 15) is 9.59 Å². The van der Waals surface area contributed by atoms with Crippen LogP contribution in [0.4, 0.5) is 0 Å². The third-order valence-electron chi connectivity index (χ3n) is 1.83. The predicted molar refractivity (Wildman–Crippen MR) is 52.0 cm³/mol. The fourth-order valence-corrected chi connectivity index (χ4v) is 1.06. The molecule has 1 heterocycles. The lowest BCUT2D eigenvalue weighted by atomic mass is 10.1. The van der Waals surface area contributed by atoms with E-state index in [4.69, 9.17) is 0 Å². The summed E-state index contributed by atoms with van der Waals surface area (Å²) in [4.78, 5) is 29.9. The van der Waals surface area contributed by atoms with Gasteiger partial charge in [-0.15, -0.1) is 0 Å². The quantitative estimate of drug-likeness (QED) is 0.660. The molecule has 0 fully saturated rings. The SMILES string of the molecule is COC(=O)CCC(=O)Cc1cnccn1. The van der Waals surface area contributed by atoms with Crippen LogP contribution < -0.4 is 0 Å². The molecule has 1 aromatic heterocycles. The number of ether oxygens (including phenoxy) is 1. The van der Waals surface area contributed by atoms with E-state index in [1.807, 2.05) is 0 Å². The molecule has 5 nitrogen and oxygen atoms in total. The van der Waals surface area contributed by atoms with Crippen molar-refractivity contribution in [2.75, 3.05) is 7.11 Å². The van der Waals surface area contributed by atoms with Gasteiger partial charge < -0.3 is 4.74 Å². The normalized spacial score (nSPS) is 9.67. The van der Waals surface area contributed by atoms with Crippen molar-refractivity contribution in [3.63, 3.8) is 0 Å². The van der Waals surface area contributed by atoms with E-state index in [1.54, 1.807) is 6.20 Å². The number of hydrogen-bond donors (Lipinski definition) is 0. The van der Waals surface area contributed by atoms with Crippen LogP contribution in [-0.4, -0.2) is 28.8 Å². The summed E-state index contributed by atoms with van der Waals surface area (Å²) >= 11 is 0. The zero-order chi connectivity index (χ0) is 11.1. The maximum Gasteiger partial charge on any atom is 0.305 e. The lowest BCUT2D eigenvalue weighted by Gasteiger charge is -1.99. The Balaban J connectivity index is 2.34. The summed E-state index contributed by atoms with van der Waals surface area (Å²) in [7, 11) is 1.30. The number of aromatic nitrogens is 2. The lowest BCUT2D eigenvalue weighted by molar-refractivity contribution is -0.141. The molecule has 0 N–H and O–H groups in total. The molecule has 0 aromatic carbocycles. The second kappa shape index (κ2) is 5.85. The van der Waals surface area contributed by atoms with Crippen molar-refractivity contribution >= 4 is 11.8 Å². The second-order valence-electron chi connectivity index (χ2n) is 2.99. The van der Waals surface area contributed by atoms with Gasteiger partial charge in [0.25, 0.3) is 0 Å². The number of nitrogens with zero attached hydrogens (tertiary/aromatic N) is 2. The van der Waals surface area contributed by atoms with E-state index in [0.717, 1.165) is 0 Å². The van der Waals surface area contributed by atoms with Crippen molar-refractivity contribution in [3.8, 4) is 0 Å². The minimum atomic E-state index is -0.373. The highest BCUT2D eigenvalue weighted by Crippen LogP contribution is 1.99. The van der Waals surface area contributed by atoms with Crippen molar-refractivity contribution in [1.82, 2.24) is 9.97 Å². The van der Waals surface area contributed by atoms with Crippen molar-refractivity contribution in [2.24, 2.45) is 0 Å². The van der Waals surface area contributed by atoms with Gasteiger partial charge in [-0.05, 0) is 0 Å². The molecule has 0 radical (unpaired) electrons. The van der Waals surface area contributed by atoms with E-state index in [2.05, 4.69) is 14.7 Å². The minimum absolute atomic E-state index is 0.0408. The lowest BCUT2D eigenvalue weighted by Crippen LogP contribution is -2.08. The molecule has 0 amide bonds. The van der Waals surface area contributed by atoms with E-state index in [-0.39, 0.29) is 31.0 Å². The molecule has 15 heavy (non-hydrogen) atoms. The first-order valence-electron chi connectivity index (χ1n) is 4.56. The molecule has 0 aliphatic rings. The molecule has 0 unspecified atom stereocenters. The van der Waals surface area contributed by atoms with Gasteiger partial charge in [-0.2, -0.15) is 0 Å². The summed E-state index contributed by atoms with van der Waals surface area (Å²) in [6.07, 6.45) is 5.13.